The van der Waals surface area contributed by atoms with Crippen molar-refractivity contribution in [1.82, 2.24) is 4.90 Å². The molecular weight excluding hydrogens is 188 g/mol. The van der Waals surface area contributed by atoms with Crippen LogP contribution < -0.4 is 5.73 Å². The molecule has 3 heteroatoms. The Hall–Kier alpha value is -0.570. The number of hydrogen-bond donors (Lipinski definition) is 1. The number of likely N-dealkylation sites (tertiary alicyclic amines) is 1. The standard InChI is InChI=1S/C12H22N2O/c1-12(5-3-2-4-6-12)9-14-8-10(13)7-11(14)15/h10H,2-9,13H2,1H3. The Balaban J connectivity index is 1.92. The zero-order valence-electron chi connectivity index (χ0n) is 9.67. The Kier molecular flexibility index (Phi) is 3.01. The summed E-state index contributed by atoms with van der Waals surface area (Å²) in [5.74, 6) is 0.259. The maximum Gasteiger partial charge on any atom is 0.224 e. The van der Waals surface area contributed by atoms with E-state index < -0.39 is 0 Å². The van der Waals surface area contributed by atoms with Gasteiger partial charge in [0.05, 0.1) is 0 Å². The van der Waals surface area contributed by atoms with Crippen LogP contribution in [0.4, 0.5) is 0 Å². The number of nitrogens with two attached hydrogens (primary N) is 1. The molecule has 1 saturated heterocycles. The molecule has 1 aliphatic heterocycles. The van der Waals surface area contributed by atoms with Crippen LogP contribution in [0.15, 0.2) is 0 Å². The minimum atomic E-state index is 0.0738. The Morgan fingerprint density at radius 2 is 2.07 bits per heavy atom. The highest BCUT2D eigenvalue weighted by molar-refractivity contribution is 5.79. The van der Waals surface area contributed by atoms with Crippen LogP contribution in [0, 0.1) is 5.41 Å². The summed E-state index contributed by atoms with van der Waals surface area (Å²) in [5, 5.41) is 0. The van der Waals surface area contributed by atoms with E-state index in [1.807, 2.05) is 4.90 Å². The topological polar surface area (TPSA) is 46.3 Å². The first-order valence-corrected chi connectivity index (χ1v) is 6.12. The van der Waals surface area contributed by atoms with E-state index in [2.05, 4.69) is 6.92 Å². The van der Waals surface area contributed by atoms with Gasteiger partial charge in [0, 0.05) is 25.6 Å². The lowest BCUT2D eigenvalue weighted by atomic mass is 9.75. The van der Waals surface area contributed by atoms with Crippen LogP contribution in [0.2, 0.25) is 0 Å². The minimum Gasteiger partial charge on any atom is -0.341 e. The van der Waals surface area contributed by atoms with Gasteiger partial charge in [0.2, 0.25) is 5.91 Å². The molecular formula is C12H22N2O. The van der Waals surface area contributed by atoms with E-state index in [1.54, 1.807) is 0 Å². The van der Waals surface area contributed by atoms with Gasteiger partial charge in [-0.3, -0.25) is 4.79 Å². The van der Waals surface area contributed by atoms with Gasteiger partial charge in [-0.1, -0.05) is 26.2 Å². The Morgan fingerprint density at radius 1 is 1.40 bits per heavy atom. The molecule has 86 valence electrons. The van der Waals surface area contributed by atoms with Crippen LogP contribution in [0.3, 0.4) is 0 Å². The molecule has 1 aliphatic carbocycles. The van der Waals surface area contributed by atoms with Gasteiger partial charge in [-0.2, -0.15) is 0 Å². The van der Waals surface area contributed by atoms with Crippen molar-refractivity contribution in [3.8, 4) is 0 Å². The van der Waals surface area contributed by atoms with Crippen LogP contribution >= 0.6 is 0 Å². The third kappa shape index (κ3) is 2.51. The van der Waals surface area contributed by atoms with E-state index in [4.69, 9.17) is 5.73 Å². The van der Waals surface area contributed by atoms with E-state index in [-0.39, 0.29) is 11.9 Å². The molecule has 3 nitrogen and oxygen atoms in total. The maximum atomic E-state index is 11.6. The number of carbonyl (C=O) groups excluding carboxylic acids is 1. The smallest absolute Gasteiger partial charge is 0.224 e. The van der Waals surface area contributed by atoms with Gasteiger partial charge in [-0.15, -0.1) is 0 Å². The van der Waals surface area contributed by atoms with Crippen molar-refractivity contribution < 1.29 is 4.79 Å². The van der Waals surface area contributed by atoms with Crippen molar-refractivity contribution in [2.24, 2.45) is 11.1 Å². The molecule has 0 radical (unpaired) electrons. The first-order chi connectivity index (χ1) is 7.09. The summed E-state index contributed by atoms with van der Waals surface area (Å²) in [6.07, 6.45) is 7.10. The van der Waals surface area contributed by atoms with E-state index in [0.29, 0.717) is 11.8 Å². The fourth-order valence-corrected chi connectivity index (χ4v) is 2.98. The van der Waals surface area contributed by atoms with Crippen LogP contribution in [0.1, 0.15) is 45.4 Å². The largest absolute Gasteiger partial charge is 0.341 e. The zero-order valence-corrected chi connectivity index (χ0v) is 9.67. The monoisotopic (exact) mass is 210 g/mol. The maximum absolute atomic E-state index is 11.6. The first kappa shape index (κ1) is 10.9. The third-order valence-electron chi connectivity index (χ3n) is 3.88. The second-order valence-corrected chi connectivity index (χ2v) is 5.61. The minimum absolute atomic E-state index is 0.0738. The molecule has 1 amide bonds. The van der Waals surface area contributed by atoms with Crippen molar-refractivity contribution in [3.05, 3.63) is 0 Å². The van der Waals surface area contributed by atoms with Crippen LogP contribution in [-0.2, 0) is 4.79 Å². The lowest BCUT2D eigenvalue weighted by molar-refractivity contribution is -0.129. The lowest BCUT2D eigenvalue weighted by Gasteiger charge is -2.37. The quantitative estimate of drug-likeness (QED) is 0.751. The van der Waals surface area contributed by atoms with E-state index in [9.17, 15) is 4.79 Å². The molecule has 2 rings (SSSR count). The summed E-state index contributed by atoms with van der Waals surface area (Å²) in [5.41, 5.74) is 6.16. The lowest BCUT2D eigenvalue weighted by Crippen LogP contribution is -2.39. The summed E-state index contributed by atoms with van der Waals surface area (Å²) in [7, 11) is 0. The Labute approximate surface area is 92.0 Å². The van der Waals surface area contributed by atoms with Crippen LogP contribution in [-0.4, -0.2) is 29.9 Å². The number of rotatable bonds is 2. The second-order valence-electron chi connectivity index (χ2n) is 5.61. The summed E-state index contributed by atoms with van der Waals surface area (Å²) < 4.78 is 0. The fraction of sp³-hybridized carbons (Fsp3) is 0.917. The predicted octanol–water partition coefficient (Wildman–Crippen LogP) is 1.52. The normalized spacial score (nSPS) is 30.9. The fourth-order valence-electron chi connectivity index (χ4n) is 2.98. The van der Waals surface area contributed by atoms with Crippen molar-refractivity contribution in [3.63, 3.8) is 0 Å². The molecule has 0 spiro atoms. The number of nitrogens with zero attached hydrogens (tertiary/aromatic N) is 1. The number of hydrogen-bond acceptors (Lipinski definition) is 2. The summed E-state index contributed by atoms with van der Waals surface area (Å²) >= 11 is 0. The molecule has 0 aromatic carbocycles. The Bertz CT molecular complexity index is 246. The summed E-state index contributed by atoms with van der Waals surface area (Å²) in [4.78, 5) is 13.6. The summed E-state index contributed by atoms with van der Waals surface area (Å²) in [6, 6.07) is 0.0738. The number of carbonyl (C=O) groups is 1. The second kappa shape index (κ2) is 4.12. The predicted molar refractivity (Wildman–Crippen MR) is 60.4 cm³/mol. The van der Waals surface area contributed by atoms with Gasteiger partial charge in [0.15, 0.2) is 0 Å². The highest BCUT2D eigenvalue weighted by Crippen LogP contribution is 2.37. The van der Waals surface area contributed by atoms with Gasteiger partial charge >= 0.3 is 0 Å². The molecule has 15 heavy (non-hydrogen) atoms. The van der Waals surface area contributed by atoms with Crippen molar-refractivity contribution in [1.29, 1.82) is 0 Å². The molecule has 1 atom stereocenters. The van der Waals surface area contributed by atoms with E-state index in [0.717, 1.165) is 13.1 Å². The average Bonchev–Trinajstić information content (AvgIpc) is 2.45. The van der Waals surface area contributed by atoms with Gasteiger partial charge < -0.3 is 10.6 Å². The molecule has 1 heterocycles. The van der Waals surface area contributed by atoms with Crippen LogP contribution in [0.25, 0.3) is 0 Å². The molecule has 2 aliphatic rings. The molecule has 0 aromatic heterocycles. The van der Waals surface area contributed by atoms with Crippen molar-refractivity contribution >= 4 is 5.91 Å². The van der Waals surface area contributed by atoms with Gasteiger partial charge in [0.1, 0.15) is 0 Å². The van der Waals surface area contributed by atoms with E-state index >= 15 is 0 Å². The van der Waals surface area contributed by atoms with E-state index in [1.165, 1.54) is 32.1 Å². The summed E-state index contributed by atoms with van der Waals surface area (Å²) in [6.45, 7) is 4.03. The molecule has 2 N–H and O–H groups in total. The SMILES string of the molecule is CC1(CN2CC(N)CC2=O)CCCCC1. The third-order valence-corrected chi connectivity index (χ3v) is 3.88. The van der Waals surface area contributed by atoms with Crippen molar-refractivity contribution in [2.75, 3.05) is 13.1 Å². The molecule has 2 fully saturated rings. The molecule has 0 aromatic rings. The first-order valence-electron chi connectivity index (χ1n) is 6.12. The molecule has 1 saturated carbocycles. The molecule has 0 bridgehead atoms. The van der Waals surface area contributed by atoms with Gasteiger partial charge in [-0.25, -0.2) is 0 Å². The van der Waals surface area contributed by atoms with Crippen molar-refractivity contribution in [2.45, 2.75) is 51.5 Å². The van der Waals surface area contributed by atoms with Crippen LogP contribution in [0.5, 0.6) is 0 Å². The highest BCUT2D eigenvalue weighted by Gasteiger charge is 2.34. The zero-order chi connectivity index (χ0) is 10.9. The average molecular weight is 210 g/mol. The molecule has 1 unspecified atom stereocenters. The highest BCUT2D eigenvalue weighted by atomic mass is 16.2. The number of amides is 1. The Morgan fingerprint density at radius 3 is 2.60 bits per heavy atom. The van der Waals surface area contributed by atoms with Gasteiger partial charge in [-0.05, 0) is 18.3 Å². The van der Waals surface area contributed by atoms with Gasteiger partial charge in [0.25, 0.3) is 0 Å².